The van der Waals surface area contributed by atoms with Crippen LogP contribution in [-0.4, -0.2) is 55.1 Å². The molecule has 1 aliphatic heterocycles. The molecule has 0 aromatic heterocycles. The molecule has 3 aromatic rings. The maximum absolute atomic E-state index is 13.3. The van der Waals surface area contributed by atoms with E-state index in [2.05, 4.69) is 29.2 Å². The fourth-order valence-corrected chi connectivity index (χ4v) is 3.65. The van der Waals surface area contributed by atoms with E-state index in [1.165, 1.54) is 0 Å². The summed E-state index contributed by atoms with van der Waals surface area (Å²) in [6.45, 7) is 5.62. The lowest BCUT2D eigenvalue weighted by Gasteiger charge is -2.30. The van der Waals surface area contributed by atoms with Crippen molar-refractivity contribution in [2.45, 2.75) is 6.54 Å². The molecule has 144 valence electrons. The highest BCUT2D eigenvalue weighted by Gasteiger charge is 2.19. The zero-order valence-corrected chi connectivity index (χ0v) is 16.1. The third-order valence-electron chi connectivity index (χ3n) is 5.29. The quantitative estimate of drug-likeness (QED) is 0.658. The average molecular weight is 374 g/mol. The summed E-state index contributed by atoms with van der Waals surface area (Å²) < 4.78 is 5.44. The van der Waals surface area contributed by atoms with Gasteiger partial charge in [0.25, 0.3) is 5.91 Å². The molecule has 1 aliphatic rings. The largest absolute Gasteiger partial charge is 0.379 e. The first kappa shape index (κ1) is 18.7. The van der Waals surface area contributed by atoms with Crippen LogP contribution in [0.15, 0.2) is 72.8 Å². The van der Waals surface area contributed by atoms with Crippen molar-refractivity contribution in [2.75, 3.05) is 39.4 Å². The van der Waals surface area contributed by atoms with E-state index in [0.717, 1.165) is 54.7 Å². The summed E-state index contributed by atoms with van der Waals surface area (Å²) in [6, 6.07) is 24.4. The molecule has 0 saturated carbocycles. The van der Waals surface area contributed by atoms with E-state index in [0.29, 0.717) is 13.1 Å². The molecule has 3 aromatic carbocycles. The number of nitrogens with zero attached hydrogens (tertiary/aromatic N) is 2. The van der Waals surface area contributed by atoms with Crippen LogP contribution in [0, 0.1) is 0 Å². The van der Waals surface area contributed by atoms with E-state index < -0.39 is 0 Å². The van der Waals surface area contributed by atoms with Crippen LogP contribution in [0.4, 0.5) is 0 Å². The first-order chi connectivity index (χ1) is 13.8. The molecule has 4 nitrogen and oxygen atoms in total. The van der Waals surface area contributed by atoms with Crippen LogP contribution in [0.2, 0.25) is 0 Å². The zero-order chi connectivity index (χ0) is 19.2. The number of carbonyl (C=O) groups excluding carboxylic acids is 1. The van der Waals surface area contributed by atoms with Gasteiger partial charge in [-0.1, -0.05) is 60.7 Å². The molecule has 28 heavy (non-hydrogen) atoms. The summed E-state index contributed by atoms with van der Waals surface area (Å²) in [6.07, 6.45) is 0. The lowest BCUT2D eigenvalue weighted by molar-refractivity contribution is 0.0320. The Labute approximate surface area is 166 Å². The van der Waals surface area contributed by atoms with Gasteiger partial charge in [0.05, 0.1) is 13.2 Å². The van der Waals surface area contributed by atoms with Crippen LogP contribution in [-0.2, 0) is 11.3 Å². The van der Waals surface area contributed by atoms with Crippen molar-refractivity contribution in [1.29, 1.82) is 0 Å². The Morgan fingerprint density at radius 2 is 1.61 bits per heavy atom. The minimum absolute atomic E-state index is 0.0860. The number of ether oxygens (including phenoxy) is 1. The van der Waals surface area contributed by atoms with E-state index in [-0.39, 0.29) is 5.91 Å². The maximum atomic E-state index is 13.3. The monoisotopic (exact) mass is 374 g/mol. The van der Waals surface area contributed by atoms with Gasteiger partial charge in [0, 0.05) is 38.3 Å². The molecule has 4 heteroatoms. The maximum Gasteiger partial charge on any atom is 0.254 e. The van der Waals surface area contributed by atoms with Crippen LogP contribution >= 0.6 is 0 Å². The number of amides is 1. The Morgan fingerprint density at radius 3 is 2.39 bits per heavy atom. The van der Waals surface area contributed by atoms with Gasteiger partial charge in [0.1, 0.15) is 0 Å². The third-order valence-corrected chi connectivity index (χ3v) is 5.29. The lowest BCUT2D eigenvalue weighted by atomic mass is 10.1. The van der Waals surface area contributed by atoms with Crippen molar-refractivity contribution in [2.24, 2.45) is 0 Å². The fourth-order valence-electron chi connectivity index (χ4n) is 3.65. The van der Waals surface area contributed by atoms with Crippen LogP contribution in [0.3, 0.4) is 0 Å². The SMILES string of the molecule is O=C(c1ccc2ccccc2c1)N(CCN1CCOCC1)Cc1ccccc1. The summed E-state index contributed by atoms with van der Waals surface area (Å²) in [5.74, 6) is 0.0860. The van der Waals surface area contributed by atoms with E-state index in [1.807, 2.05) is 53.4 Å². The molecule has 1 heterocycles. The Morgan fingerprint density at radius 1 is 0.893 bits per heavy atom. The summed E-state index contributed by atoms with van der Waals surface area (Å²) in [5, 5.41) is 2.25. The van der Waals surface area contributed by atoms with Crippen molar-refractivity contribution < 1.29 is 9.53 Å². The molecular formula is C24H26N2O2. The Kier molecular flexibility index (Phi) is 6.00. The summed E-state index contributed by atoms with van der Waals surface area (Å²) in [7, 11) is 0. The third kappa shape index (κ3) is 4.58. The minimum atomic E-state index is 0.0860. The number of rotatable bonds is 6. The minimum Gasteiger partial charge on any atom is -0.379 e. The van der Waals surface area contributed by atoms with Gasteiger partial charge in [0.2, 0.25) is 0 Å². The molecule has 0 radical (unpaired) electrons. The Bertz CT molecular complexity index is 920. The topological polar surface area (TPSA) is 32.8 Å². The van der Waals surface area contributed by atoms with Crippen LogP contribution < -0.4 is 0 Å². The van der Waals surface area contributed by atoms with Gasteiger partial charge in [-0.2, -0.15) is 0 Å². The average Bonchev–Trinajstić information content (AvgIpc) is 2.77. The molecule has 1 amide bonds. The van der Waals surface area contributed by atoms with E-state index in [9.17, 15) is 4.79 Å². The summed E-state index contributed by atoms with van der Waals surface area (Å²) >= 11 is 0. The van der Waals surface area contributed by atoms with Gasteiger partial charge in [-0.3, -0.25) is 9.69 Å². The molecular weight excluding hydrogens is 348 g/mol. The van der Waals surface area contributed by atoms with Crippen molar-refractivity contribution >= 4 is 16.7 Å². The molecule has 0 atom stereocenters. The van der Waals surface area contributed by atoms with E-state index in [4.69, 9.17) is 4.74 Å². The number of hydrogen-bond acceptors (Lipinski definition) is 3. The fraction of sp³-hybridized carbons (Fsp3) is 0.292. The van der Waals surface area contributed by atoms with Gasteiger partial charge < -0.3 is 9.64 Å². The van der Waals surface area contributed by atoms with E-state index in [1.54, 1.807) is 0 Å². The first-order valence-corrected chi connectivity index (χ1v) is 9.92. The molecule has 0 N–H and O–H groups in total. The second-order valence-corrected chi connectivity index (χ2v) is 7.23. The first-order valence-electron chi connectivity index (χ1n) is 9.92. The molecule has 0 spiro atoms. The number of benzene rings is 3. The Balaban J connectivity index is 1.54. The van der Waals surface area contributed by atoms with Crippen molar-refractivity contribution in [3.63, 3.8) is 0 Å². The molecule has 0 bridgehead atoms. The second-order valence-electron chi connectivity index (χ2n) is 7.23. The van der Waals surface area contributed by atoms with Gasteiger partial charge >= 0.3 is 0 Å². The Hall–Kier alpha value is -2.69. The highest BCUT2D eigenvalue weighted by molar-refractivity contribution is 5.98. The van der Waals surface area contributed by atoms with E-state index >= 15 is 0 Å². The van der Waals surface area contributed by atoms with Crippen LogP contribution in [0.25, 0.3) is 10.8 Å². The highest BCUT2D eigenvalue weighted by atomic mass is 16.5. The lowest BCUT2D eigenvalue weighted by Crippen LogP contribution is -2.42. The standard InChI is InChI=1S/C24H26N2O2/c27-24(23-11-10-21-8-4-5-9-22(21)18-23)26(19-20-6-2-1-3-7-20)13-12-25-14-16-28-17-15-25/h1-11,18H,12-17,19H2. The normalized spacial score (nSPS) is 14.9. The van der Waals surface area contributed by atoms with Crippen LogP contribution in [0.1, 0.15) is 15.9 Å². The summed E-state index contributed by atoms with van der Waals surface area (Å²) in [4.78, 5) is 17.7. The van der Waals surface area contributed by atoms with Gasteiger partial charge in [-0.05, 0) is 28.5 Å². The number of morpholine rings is 1. The smallest absolute Gasteiger partial charge is 0.254 e. The highest BCUT2D eigenvalue weighted by Crippen LogP contribution is 2.18. The second kappa shape index (κ2) is 9.00. The van der Waals surface area contributed by atoms with Gasteiger partial charge in [-0.25, -0.2) is 0 Å². The zero-order valence-electron chi connectivity index (χ0n) is 16.1. The number of hydrogen-bond donors (Lipinski definition) is 0. The molecule has 0 unspecified atom stereocenters. The number of fused-ring (bicyclic) bond motifs is 1. The predicted molar refractivity (Wildman–Crippen MR) is 112 cm³/mol. The molecule has 1 saturated heterocycles. The molecule has 0 aliphatic carbocycles. The van der Waals surface area contributed by atoms with Crippen molar-refractivity contribution in [3.8, 4) is 0 Å². The van der Waals surface area contributed by atoms with Crippen molar-refractivity contribution in [1.82, 2.24) is 9.80 Å². The summed E-state index contributed by atoms with van der Waals surface area (Å²) in [5.41, 5.74) is 1.90. The van der Waals surface area contributed by atoms with Crippen molar-refractivity contribution in [3.05, 3.63) is 83.9 Å². The predicted octanol–water partition coefficient (Wildman–Crippen LogP) is 3.81. The molecule has 1 fully saturated rings. The number of carbonyl (C=O) groups is 1. The molecule has 4 rings (SSSR count). The van der Waals surface area contributed by atoms with Crippen LogP contribution in [0.5, 0.6) is 0 Å². The van der Waals surface area contributed by atoms with Gasteiger partial charge in [-0.15, -0.1) is 0 Å². The van der Waals surface area contributed by atoms with Gasteiger partial charge in [0.15, 0.2) is 0 Å².